The predicted octanol–water partition coefficient (Wildman–Crippen LogP) is 1.63. The summed E-state index contributed by atoms with van der Waals surface area (Å²) in [7, 11) is 0. The highest BCUT2D eigenvalue weighted by atomic mass is 16.2. The Morgan fingerprint density at radius 2 is 1.74 bits per heavy atom. The predicted molar refractivity (Wildman–Crippen MR) is 74.4 cm³/mol. The number of hydrogen-bond donors (Lipinski definition) is 1. The molecule has 1 heterocycles. The molecule has 0 saturated carbocycles. The molecule has 1 rings (SSSR count). The van der Waals surface area contributed by atoms with Crippen LogP contribution in [-0.2, 0) is 14.4 Å². The minimum atomic E-state index is -0.339. The van der Waals surface area contributed by atoms with Gasteiger partial charge in [-0.15, -0.1) is 0 Å². The molecule has 1 aliphatic rings. The molecule has 19 heavy (non-hydrogen) atoms. The molecule has 0 bridgehead atoms. The van der Waals surface area contributed by atoms with Gasteiger partial charge >= 0.3 is 0 Å². The number of amides is 3. The van der Waals surface area contributed by atoms with E-state index in [1.165, 1.54) is 12.2 Å². The minimum Gasteiger partial charge on any atom is -0.356 e. The van der Waals surface area contributed by atoms with Gasteiger partial charge in [0.1, 0.15) is 0 Å². The Kier molecular flexibility index (Phi) is 9.40. The van der Waals surface area contributed by atoms with Crippen molar-refractivity contribution < 1.29 is 14.4 Å². The molecule has 0 unspecified atom stereocenters. The van der Waals surface area contributed by atoms with Crippen molar-refractivity contribution in [3.8, 4) is 0 Å². The normalized spacial score (nSPS) is 13.3. The van der Waals surface area contributed by atoms with Crippen LogP contribution in [0.4, 0.5) is 0 Å². The van der Waals surface area contributed by atoms with Crippen molar-refractivity contribution in [1.29, 1.82) is 0 Å². The maximum atomic E-state index is 11.4. The van der Waals surface area contributed by atoms with Gasteiger partial charge in [-0.3, -0.25) is 19.3 Å². The van der Waals surface area contributed by atoms with Gasteiger partial charge in [0.2, 0.25) is 5.91 Å². The zero-order valence-corrected chi connectivity index (χ0v) is 12.1. The Balaban J connectivity index is 0.00000154. The lowest BCUT2D eigenvalue weighted by atomic mass is 10.2. The minimum absolute atomic E-state index is 0.117. The summed E-state index contributed by atoms with van der Waals surface area (Å²) >= 11 is 0. The summed E-state index contributed by atoms with van der Waals surface area (Å²) in [4.78, 5) is 34.8. The summed E-state index contributed by atoms with van der Waals surface area (Å²) in [6, 6.07) is 0. The van der Waals surface area contributed by atoms with Crippen molar-refractivity contribution in [3.63, 3.8) is 0 Å². The highest BCUT2D eigenvalue weighted by molar-refractivity contribution is 6.13. The van der Waals surface area contributed by atoms with Crippen molar-refractivity contribution >= 4 is 17.7 Å². The Morgan fingerprint density at radius 3 is 2.26 bits per heavy atom. The van der Waals surface area contributed by atoms with Gasteiger partial charge in [-0.1, -0.05) is 33.6 Å². The van der Waals surface area contributed by atoms with Crippen LogP contribution >= 0.6 is 0 Å². The number of nitrogens with one attached hydrogen (secondary N) is 1. The van der Waals surface area contributed by atoms with Crippen molar-refractivity contribution in [1.82, 2.24) is 10.2 Å². The lowest BCUT2D eigenvalue weighted by Crippen LogP contribution is -2.34. The highest BCUT2D eigenvalue weighted by Crippen LogP contribution is 2.03. The first-order valence-corrected chi connectivity index (χ1v) is 6.95. The smallest absolute Gasteiger partial charge is 0.253 e. The van der Waals surface area contributed by atoms with Gasteiger partial charge in [0.15, 0.2) is 0 Å². The second kappa shape index (κ2) is 10.3. The monoisotopic (exact) mass is 268 g/mol. The number of rotatable bonds is 7. The van der Waals surface area contributed by atoms with Crippen LogP contribution in [0.15, 0.2) is 12.2 Å². The van der Waals surface area contributed by atoms with E-state index in [0.717, 1.165) is 24.2 Å². The van der Waals surface area contributed by atoms with E-state index >= 15 is 0 Å². The molecule has 3 amide bonds. The average Bonchev–Trinajstić information content (AvgIpc) is 2.74. The summed E-state index contributed by atoms with van der Waals surface area (Å²) in [5, 5.41) is 2.76. The van der Waals surface area contributed by atoms with E-state index in [9.17, 15) is 14.4 Å². The van der Waals surface area contributed by atoms with Crippen LogP contribution in [0.2, 0.25) is 0 Å². The second-order valence-electron chi connectivity index (χ2n) is 3.97. The first-order chi connectivity index (χ1) is 9.15. The SMILES string of the molecule is CC.CCCCCNC(=O)CCN1C(=O)C=CC1=O. The van der Waals surface area contributed by atoms with Crippen molar-refractivity contribution in [2.24, 2.45) is 0 Å². The topological polar surface area (TPSA) is 66.5 Å². The molecule has 1 N–H and O–H groups in total. The van der Waals surface area contributed by atoms with Crippen LogP contribution in [0.5, 0.6) is 0 Å². The molecule has 0 radical (unpaired) electrons. The summed E-state index contributed by atoms with van der Waals surface area (Å²) in [6.07, 6.45) is 5.78. The van der Waals surface area contributed by atoms with E-state index < -0.39 is 0 Å². The Morgan fingerprint density at radius 1 is 1.16 bits per heavy atom. The van der Waals surface area contributed by atoms with Gasteiger partial charge in [0.05, 0.1) is 0 Å². The van der Waals surface area contributed by atoms with Crippen LogP contribution in [-0.4, -0.2) is 35.7 Å². The molecule has 108 valence electrons. The zero-order valence-electron chi connectivity index (χ0n) is 12.1. The lowest BCUT2D eigenvalue weighted by Gasteiger charge is -2.13. The van der Waals surface area contributed by atoms with Gasteiger partial charge in [0, 0.05) is 31.7 Å². The number of unbranched alkanes of at least 4 members (excludes halogenated alkanes) is 2. The number of imide groups is 1. The Hall–Kier alpha value is -1.65. The van der Waals surface area contributed by atoms with Gasteiger partial charge in [-0.05, 0) is 6.42 Å². The van der Waals surface area contributed by atoms with E-state index in [-0.39, 0.29) is 30.7 Å². The van der Waals surface area contributed by atoms with Crippen LogP contribution in [0.1, 0.15) is 46.5 Å². The molecule has 0 aromatic carbocycles. The third-order valence-corrected chi connectivity index (χ3v) is 2.57. The third-order valence-electron chi connectivity index (χ3n) is 2.57. The molecule has 0 fully saturated rings. The number of carbonyl (C=O) groups is 3. The second-order valence-corrected chi connectivity index (χ2v) is 3.97. The van der Waals surface area contributed by atoms with Crippen LogP contribution in [0.25, 0.3) is 0 Å². The summed E-state index contributed by atoms with van der Waals surface area (Å²) in [5.74, 6) is -0.795. The van der Waals surface area contributed by atoms with Crippen molar-refractivity contribution in [2.45, 2.75) is 46.5 Å². The maximum Gasteiger partial charge on any atom is 0.253 e. The molecular weight excluding hydrogens is 244 g/mol. The molecule has 0 aromatic rings. The Labute approximate surface area is 115 Å². The molecule has 0 aromatic heterocycles. The number of hydrogen-bond acceptors (Lipinski definition) is 3. The van der Waals surface area contributed by atoms with E-state index in [1.807, 2.05) is 13.8 Å². The van der Waals surface area contributed by atoms with Crippen molar-refractivity contribution in [3.05, 3.63) is 12.2 Å². The van der Waals surface area contributed by atoms with Gasteiger partial charge in [0.25, 0.3) is 11.8 Å². The summed E-state index contributed by atoms with van der Waals surface area (Å²) in [6.45, 7) is 6.91. The van der Waals surface area contributed by atoms with Gasteiger partial charge < -0.3 is 5.32 Å². The first kappa shape index (κ1) is 17.4. The molecule has 1 aliphatic heterocycles. The summed E-state index contributed by atoms with van der Waals surface area (Å²) in [5.41, 5.74) is 0. The zero-order chi connectivity index (χ0) is 14.7. The fraction of sp³-hybridized carbons (Fsp3) is 0.643. The fourth-order valence-corrected chi connectivity index (χ4v) is 1.56. The molecule has 5 heteroatoms. The quantitative estimate of drug-likeness (QED) is 0.564. The standard InChI is InChI=1S/C12H18N2O3.C2H6/c1-2-3-4-8-13-10(15)7-9-14-11(16)5-6-12(14)17;1-2/h5-6H,2-4,7-9H2,1H3,(H,13,15);1-2H3. The Bertz CT molecular complexity index is 320. The van der Waals surface area contributed by atoms with Crippen LogP contribution in [0.3, 0.4) is 0 Å². The summed E-state index contributed by atoms with van der Waals surface area (Å²) < 4.78 is 0. The van der Waals surface area contributed by atoms with E-state index in [0.29, 0.717) is 6.54 Å². The molecule has 0 atom stereocenters. The molecule has 0 saturated heterocycles. The van der Waals surface area contributed by atoms with Gasteiger partial charge in [-0.25, -0.2) is 0 Å². The molecular formula is C14H24N2O3. The van der Waals surface area contributed by atoms with E-state index in [2.05, 4.69) is 12.2 Å². The number of carbonyl (C=O) groups excluding carboxylic acids is 3. The third kappa shape index (κ3) is 6.74. The maximum absolute atomic E-state index is 11.4. The lowest BCUT2D eigenvalue weighted by molar-refractivity contribution is -0.137. The fourth-order valence-electron chi connectivity index (χ4n) is 1.56. The van der Waals surface area contributed by atoms with Gasteiger partial charge in [-0.2, -0.15) is 0 Å². The number of nitrogens with zero attached hydrogens (tertiary/aromatic N) is 1. The van der Waals surface area contributed by atoms with Crippen LogP contribution in [0, 0.1) is 0 Å². The van der Waals surface area contributed by atoms with E-state index in [4.69, 9.17) is 0 Å². The average molecular weight is 268 g/mol. The van der Waals surface area contributed by atoms with E-state index in [1.54, 1.807) is 0 Å². The largest absolute Gasteiger partial charge is 0.356 e. The van der Waals surface area contributed by atoms with Crippen LogP contribution < -0.4 is 5.32 Å². The highest BCUT2D eigenvalue weighted by Gasteiger charge is 2.23. The van der Waals surface area contributed by atoms with Crippen molar-refractivity contribution in [2.75, 3.05) is 13.1 Å². The first-order valence-electron chi connectivity index (χ1n) is 6.95. The molecule has 0 spiro atoms. The molecule has 5 nitrogen and oxygen atoms in total. The molecule has 0 aliphatic carbocycles.